The van der Waals surface area contributed by atoms with Gasteiger partial charge in [-0.05, 0) is 43.3 Å². The maximum atomic E-state index is 12.9. The number of carbonyl (C=O) groups is 2. The Morgan fingerprint density at radius 2 is 1.81 bits per heavy atom. The SMILES string of the molecule is CC1=Cc2cc(NC(=O)c3cccc(CC(=O)c4ccc(CN5CCN(C)CC5)cc4)n3)cnc2C1. The monoisotopic (exact) mass is 481 g/mol. The van der Waals surface area contributed by atoms with Crippen LogP contribution in [0.4, 0.5) is 5.69 Å². The van der Waals surface area contributed by atoms with Crippen LogP contribution in [-0.4, -0.2) is 64.7 Å². The third-order valence-electron chi connectivity index (χ3n) is 6.77. The number of hydrogen-bond acceptors (Lipinski definition) is 6. The second-order valence-corrected chi connectivity index (χ2v) is 9.77. The average molecular weight is 482 g/mol. The quantitative estimate of drug-likeness (QED) is 0.517. The number of allylic oxidation sites excluding steroid dienone is 1. The van der Waals surface area contributed by atoms with Gasteiger partial charge in [-0.15, -0.1) is 0 Å². The van der Waals surface area contributed by atoms with E-state index in [9.17, 15) is 9.59 Å². The molecule has 1 saturated heterocycles. The van der Waals surface area contributed by atoms with Crippen molar-refractivity contribution in [3.63, 3.8) is 0 Å². The molecule has 0 bridgehead atoms. The summed E-state index contributed by atoms with van der Waals surface area (Å²) in [4.78, 5) is 39.4. The first-order chi connectivity index (χ1) is 17.4. The number of Topliss-reactive ketones (excluding diaryl/α,β-unsaturated/α-hetero) is 1. The summed E-state index contributed by atoms with van der Waals surface area (Å²) >= 11 is 0. The number of nitrogens with zero attached hydrogens (tertiary/aromatic N) is 4. The smallest absolute Gasteiger partial charge is 0.274 e. The van der Waals surface area contributed by atoms with Crippen LogP contribution in [0.15, 0.2) is 60.3 Å². The van der Waals surface area contributed by atoms with Crippen LogP contribution in [0.2, 0.25) is 0 Å². The molecule has 5 rings (SSSR count). The molecule has 3 aromatic rings. The minimum absolute atomic E-state index is 0.0174. The highest BCUT2D eigenvalue weighted by molar-refractivity contribution is 6.03. The Morgan fingerprint density at radius 3 is 2.58 bits per heavy atom. The zero-order chi connectivity index (χ0) is 25.1. The summed E-state index contributed by atoms with van der Waals surface area (Å²) in [5, 5.41) is 2.87. The van der Waals surface area contributed by atoms with Crippen molar-refractivity contribution in [2.45, 2.75) is 26.3 Å². The molecule has 184 valence electrons. The number of anilines is 1. The number of nitrogens with one attached hydrogen (secondary N) is 1. The molecule has 0 spiro atoms. The first kappa shape index (κ1) is 24.0. The number of benzene rings is 1. The van der Waals surface area contributed by atoms with Crippen LogP contribution in [0.5, 0.6) is 0 Å². The van der Waals surface area contributed by atoms with Gasteiger partial charge < -0.3 is 10.2 Å². The van der Waals surface area contributed by atoms with E-state index in [0.717, 1.165) is 50.4 Å². The van der Waals surface area contributed by atoms with Crippen molar-refractivity contribution in [3.05, 3.63) is 94.1 Å². The number of pyridine rings is 2. The molecular formula is C29H31N5O2. The van der Waals surface area contributed by atoms with Crippen LogP contribution < -0.4 is 5.32 Å². The van der Waals surface area contributed by atoms with E-state index in [4.69, 9.17) is 0 Å². The number of piperazine rings is 1. The lowest BCUT2D eigenvalue weighted by Crippen LogP contribution is -2.43. The van der Waals surface area contributed by atoms with Gasteiger partial charge in [0.1, 0.15) is 5.69 Å². The molecule has 2 aliphatic rings. The summed E-state index contributed by atoms with van der Waals surface area (Å²) in [5.41, 5.74) is 6.65. The number of aromatic nitrogens is 2. The van der Waals surface area contributed by atoms with Crippen LogP contribution in [0, 0.1) is 0 Å². The Kier molecular flexibility index (Phi) is 7.02. The molecule has 0 radical (unpaired) electrons. The summed E-state index contributed by atoms with van der Waals surface area (Å²) in [6.07, 6.45) is 4.74. The standard InChI is InChI=1S/C29H31N5O2/c1-20-14-23-16-25(18-30-27(23)15-20)32-29(36)26-5-3-4-24(31-26)17-28(35)22-8-6-21(7-9-22)19-34-12-10-33(2)11-13-34/h3-9,14,16,18H,10-13,15,17,19H2,1-2H3,(H,32,36). The van der Waals surface area contributed by atoms with Gasteiger partial charge in [0.05, 0.1) is 24.0 Å². The van der Waals surface area contributed by atoms with Crippen LogP contribution in [0.3, 0.4) is 0 Å². The number of amides is 1. The molecule has 1 amide bonds. The van der Waals surface area contributed by atoms with Crippen molar-refractivity contribution in [2.24, 2.45) is 0 Å². The summed E-state index contributed by atoms with van der Waals surface area (Å²) in [6.45, 7) is 7.26. The minimum atomic E-state index is -0.321. The van der Waals surface area contributed by atoms with Gasteiger partial charge in [0, 0.05) is 50.4 Å². The second kappa shape index (κ2) is 10.5. The summed E-state index contributed by atoms with van der Waals surface area (Å²) < 4.78 is 0. The molecule has 0 unspecified atom stereocenters. The highest BCUT2D eigenvalue weighted by Crippen LogP contribution is 2.25. The van der Waals surface area contributed by atoms with E-state index in [1.807, 2.05) is 30.3 Å². The number of fused-ring (bicyclic) bond motifs is 1. The molecule has 1 aromatic carbocycles. The lowest BCUT2D eigenvalue weighted by Gasteiger charge is -2.32. The maximum absolute atomic E-state index is 12.9. The molecule has 7 nitrogen and oxygen atoms in total. The molecule has 1 N–H and O–H groups in total. The highest BCUT2D eigenvalue weighted by atomic mass is 16.2. The van der Waals surface area contributed by atoms with Crippen LogP contribution in [0.25, 0.3) is 6.08 Å². The first-order valence-electron chi connectivity index (χ1n) is 12.4. The highest BCUT2D eigenvalue weighted by Gasteiger charge is 2.16. The Balaban J connectivity index is 1.19. The van der Waals surface area contributed by atoms with Crippen molar-refractivity contribution < 1.29 is 9.59 Å². The zero-order valence-corrected chi connectivity index (χ0v) is 20.8. The van der Waals surface area contributed by atoms with E-state index >= 15 is 0 Å². The average Bonchev–Trinajstić information content (AvgIpc) is 3.25. The van der Waals surface area contributed by atoms with E-state index in [2.05, 4.69) is 45.1 Å². The van der Waals surface area contributed by atoms with Crippen molar-refractivity contribution in [2.75, 3.05) is 38.5 Å². The number of ketones is 1. The van der Waals surface area contributed by atoms with Gasteiger partial charge in [-0.2, -0.15) is 0 Å². The molecule has 0 atom stereocenters. The third kappa shape index (κ3) is 5.75. The molecule has 1 aliphatic carbocycles. The Morgan fingerprint density at radius 1 is 1.03 bits per heavy atom. The fourth-order valence-electron chi connectivity index (χ4n) is 4.66. The number of carbonyl (C=O) groups excluding carboxylic acids is 2. The van der Waals surface area contributed by atoms with E-state index in [0.29, 0.717) is 16.9 Å². The van der Waals surface area contributed by atoms with Crippen LogP contribution in [0.1, 0.15) is 50.3 Å². The van der Waals surface area contributed by atoms with Crippen molar-refractivity contribution >= 4 is 23.5 Å². The van der Waals surface area contributed by atoms with Gasteiger partial charge in [-0.3, -0.25) is 19.5 Å². The van der Waals surface area contributed by atoms with E-state index in [1.165, 1.54) is 11.1 Å². The molecule has 3 heterocycles. The number of hydrogen-bond donors (Lipinski definition) is 1. The van der Waals surface area contributed by atoms with Crippen molar-refractivity contribution in [1.29, 1.82) is 0 Å². The molecule has 0 saturated carbocycles. The number of likely N-dealkylation sites (N-methyl/N-ethyl adjacent to an activating group) is 1. The fraction of sp³-hybridized carbons (Fsp3) is 0.310. The van der Waals surface area contributed by atoms with Crippen molar-refractivity contribution in [3.8, 4) is 0 Å². The lowest BCUT2D eigenvalue weighted by molar-refractivity contribution is 0.0986. The lowest BCUT2D eigenvalue weighted by atomic mass is 10.0. The molecule has 36 heavy (non-hydrogen) atoms. The predicted octanol–water partition coefficient (Wildman–Crippen LogP) is 3.86. The van der Waals surface area contributed by atoms with Gasteiger partial charge in [0.15, 0.2) is 5.78 Å². The molecule has 1 aliphatic heterocycles. The predicted molar refractivity (Wildman–Crippen MR) is 141 cm³/mol. The zero-order valence-electron chi connectivity index (χ0n) is 20.8. The fourth-order valence-corrected chi connectivity index (χ4v) is 4.66. The van der Waals surface area contributed by atoms with Gasteiger partial charge >= 0.3 is 0 Å². The van der Waals surface area contributed by atoms with Gasteiger partial charge in [-0.1, -0.05) is 42.0 Å². The summed E-state index contributed by atoms with van der Waals surface area (Å²) in [6, 6.07) is 15.0. The summed E-state index contributed by atoms with van der Waals surface area (Å²) in [7, 11) is 2.15. The van der Waals surface area contributed by atoms with Crippen LogP contribution in [-0.2, 0) is 19.4 Å². The normalized spacial score (nSPS) is 15.9. The Hall–Kier alpha value is -3.68. The Bertz CT molecular complexity index is 1310. The van der Waals surface area contributed by atoms with Crippen molar-refractivity contribution in [1.82, 2.24) is 19.8 Å². The van der Waals surface area contributed by atoms with Gasteiger partial charge in [0.2, 0.25) is 0 Å². The molecular weight excluding hydrogens is 450 g/mol. The maximum Gasteiger partial charge on any atom is 0.274 e. The molecule has 1 fully saturated rings. The van der Waals surface area contributed by atoms with Gasteiger partial charge in [-0.25, -0.2) is 4.98 Å². The topological polar surface area (TPSA) is 78.4 Å². The van der Waals surface area contributed by atoms with E-state index < -0.39 is 0 Å². The third-order valence-corrected chi connectivity index (χ3v) is 6.77. The van der Waals surface area contributed by atoms with E-state index in [-0.39, 0.29) is 23.8 Å². The van der Waals surface area contributed by atoms with E-state index in [1.54, 1.807) is 24.4 Å². The minimum Gasteiger partial charge on any atom is -0.319 e. The van der Waals surface area contributed by atoms with Gasteiger partial charge in [0.25, 0.3) is 5.91 Å². The largest absolute Gasteiger partial charge is 0.319 e. The second-order valence-electron chi connectivity index (χ2n) is 9.77. The molecule has 7 heteroatoms. The number of rotatable bonds is 7. The summed E-state index contributed by atoms with van der Waals surface area (Å²) in [5.74, 6) is -0.339. The first-order valence-corrected chi connectivity index (χ1v) is 12.4. The van der Waals surface area contributed by atoms with Crippen LogP contribution >= 0.6 is 0 Å². The molecule has 2 aromatic heterocycles. The Labute approximate surface area is 211 Å².